The fraction of sp³-hybridized carbons (Fsp3) is 0.143. The van der Waals surface area contributed by atoms with Crippen LogP contribution in [0.1, 0.15) is 22.8 Å². The molecule has 0 atom stereocenters. The minimum Gasteiger partial charge on any atom is -0.294 e. The molecule has 0 N–H and O–H groups in total. The van der Waals surface area contributed by atoms with Crippen LogP contribution in [0.25, 0.3) is 5.69 Å². The van der Waals surface area contributed by atoms with Crippen LogP contribution in [0.4, 0.5) is 4.39 Å². The minimum atomic E-state index is -0.389. The summed E-state index contributed by atoms with van der Waals surface area (Å²) in [5.41, 5.74) is 0.947. The molecule has 0 aliphatic rings. The van der Waals surface area contributed by atoms with Gasteiger partial charge in [-0.15, -0.1) is 0 Å². The summed E-state index contributed by atoms with van der Waals surface area (Å²) in [6.07, 6.45) is 1.56. The summed E-state index contributed by atoms with van der Waals surface area (Å²) in [5, 5.41) is 0. The number of ketones is 1. The zero-order valence-corrected chi connectivity index (χ0v) is 10.1. The Hall–Kier alpha value is -2.23. The van der Waals surface area contributed by atoms with Crippen LogP contribution in [0.3, 0.4) is 0 Å². The Morgan fingerprint density at radius 1 is 1.28 bits per heavy atom. The molecule has 92 valence electrons. The Morgan fingerprint density at radius 2 is 2.00 bits per heavy atom. The van der Waals surface area contributed by atoms with Crippen LogP contribution in [0.15, 0.2) is 41.3 Å². The predicted octanol–water partition coefficient (Wildman–Crippen LogP) is 2.49. The van der Waals surface area contributed by atoms with Gasteiger partial charge in [0.2, 0.25) is 0 Å². The van der Waals surface area contributed by atoms with Gasteiger partial charge in [0.25, 0.3) is 5.56 Å². The smallest absolute Gasteiger partial charge is 0.265 e. The number of rotatable bonds is 2. The van der Waals surface area contributed by atoms with Gasteiger partial charge >= 0.3 is 0 Å². The van der Waals surface area contributed by atoms with Gasteiger partial charge in [-0.2, -0.15) is 0 Å². The Kier molecular flexibility index (Phi) is 3.10. The van der Waals surface area contributed by atoms with Gasteiger partial charge in [-0.05, 0) is 49.7 Å². The van der Waals surface area contributed by atoms with E-state index < -0.39 is 0 Å². The summed E-state index contributed by atoms with van der Waals surface area (Å²) >= 11 is 0. The molecule has 1 aromatic heterocycles. The van der Waals surface area contributed by atoms with E-state index in [0.29, 0.717) is 11.3 Å². The predicted molar refractivity (Wildman–Crippen MR) is 66.7 cm³/mol. The molecule has 4 heteroatoms. The Labute approximate surface area is 104 Å². The average Bonchev–Trinajstić information content (AvgIpc) is 2.30. The molecule has 18 heavy (non-hydrogen) atoms. The van der Waals surface area contributed by atoms with Gasteiger partial charge < -0.3 is 0 Å². The Bertz CT molecular complexity index is 674. The van der Waals surface area contributed by atoms with Crippen molar-refractivity contribution in [1.82, 2.24) is 4.57 Å². The molecular formula is C14H12FNO2. The standard InChI is InChI=1S/C14H12FNO2/c1-9-8-11(15)5-6-13(9)16-7-3-4-12(10(2)17)14(16)18/h3-8H,1-2H3. The van der Waals surface area contributed by atoms with E-state index in [4.69, 9.17) is 0 Å². The molecule has 1 aromatic carbocycles. The number of halogens is 1. The summed E-state index contributed by atoms with van der Waals surface area (Å²) in [4.78, 5) is 23.4. The van der Waals surface area contributed by atoms with Crippen molar-refractivity contribution in [3.8, 4) is 5.69 Å². The second-order valence-corrected chi connectivity index (χ2v) is 4.08. The van der Waals surface area contributed by atoms with E-state index in [-0.39, 0.29) is 22.7 Å². The first-order valence-corrected chi connectivity index (χ1v) is 5.50. The first-order valence-electron chi connectivity index (χ1n) is 5.50. The highest BCUT2D eigenvalue weighted by molar-refractivity contribution is 5.93. The van der Waals surface area contributed by atoms with Crippen LogP contribution in [0.5, 0.6) is 0 Å². The SMILES string of the molecule is CC(=O)c1cccn(-c2ccc(F)cc2C)c1=O. The van der Waals surface area contributed by atoms with Crippen molar-refractivity contribution in [1.29, 1.82) is 0 Å². The molecule has 3 nitrogen and oxygen atoms in total. The van der Waals surface area contributed by atoms with E-state index in [9.17, 15) is 14.0 Å². The van der Waals surface area contributed by atoms with Crippen molar-refractivity contribution in [3.05, 3.63) is 63.8 Å². The molecule has 0 spiro atoms. The monoisotopic (exact) mass is 245 g/mol. The summed E-state index contributed by atoms with van der Waals surface area (Å²) in [6, 6.07) is 7.27. The fourth-order valence-corrected chi connectivity index (χ4v) is 1.84. The summed E-state index contributed by atoms with van der Waals surface area (Å²) in [6.45, 7) is 3.06. The number of nitrogens with zero attached hydrogens (tertiary/aromatic N) is 1. The molecule has 0 bridgehead atoms. The summed E-state index contributed by atoms with van der Waals surface area (Å²) in [5.74, 6) is -0.638. The van der Waals surface area contributed by atoms with Gasteiger partial charge in [0, 0.05) is 6.20 Å². The van der Waals surface area contributed by atoms with E-state index in [1.54, 1.807) is 19.2 Å². The van der Waals surface area contributed by atoms with E-state index in [1.807, 2.05) is 0 Å². The quantitative estimate of drug-likeness (QED) is 0.762. The lowest BCUT2D eigenvalue weighted by atomic mass is 10.1. The maximum atomic E-state index is 13.0. The number of carbonyl (C=O) groups is 1. The van der Waals surface area contributed by atoms with Crippen LogP contribution in [-0.4, -0.2) is 10.4 Å². The fourth-order valence-electron chi connectivity index (χ4n) is 1.84. The zero-order chi connectivity index (χ0) is 13.3. The minimum absolute atomic E-state index is 0.126. The lowest BCUT2D eigenvalue weighted by Crippen LogP contribution is -2.24. The molecule has 0 aliphatic heterocycles. The molecular weight excluding hydrogens is 233 g/mol. The Morgan fingerprint density at radius 3 is 2.61 bits per heavy atom. The zero-order valence-electron chi connectivity index (χ0n) is 10.1. The molecule has 2 rings (SSSR count). The molecule has 0 saturated heterocycles. The molecule has 1 heterocycles. The molecule has 0 unspecified atom stereocenters. The lowest BCUT2D eigenvalue weighted by molar-refractivity contribution is 0.101. The van der Waals surface area contributed by atoms with E-state index in [1.165, 1.54) is 35.8 Å². The van der Waals surface area contributed by atoms with Crippen LogP contribution < -0.4 is 5.56 Å². The van der Waals surface area contributed by atoms with Crippen LogP contribution in [0.2, 0.25) is 0 Å². The largest absolute Gasteiger partial charge is 0.294 e. The third kappa shape index (κ3) is 2.09. The van der Waals surface area contributed by atoms with Gasteiger partial charge in [0.15, 0.2) is 5.78 Å². The third-order valence-corrected chi connectivity index (χ3v) is 2.74. The second-order valence-electron chi connectivity index (χ2n) is 4.08. The number of carbonyl (C=O) groups excluding carboxylic acids is 1. The van der Waals surface area contributed by atoms with Crippen molar-refractivity contribution in [3.63, 3.8) is 0 Å². The normalized spacial score (nSPS) is 10.4. The summed E-state index contributed by atoms with van der Waals surface area (Å²) < 4.78 is 14.4. The van der Waals surface area contributed by atoms with Gasteiger partial charge in [0.1, 0.15) is 5.82 Å². The van der Waals surface area contributed by atoms with Gasteiger partial charge in [-0.3, -0.25) is 14.2 Å². The number of hydrogen-bond acceptors (Lipinski definition) is 2. The molecule has 0 radical (unpaired) electrons. The number of aryl methyl sites for hydroxylation is 1. The first-order chi connectivity index (χ1) is 8.50. The van der Waals surface area contributed by atoms with E-state index in [0.717, 1.165) is 0 Å². The van der Waals surface area contributed by atoms with E-state index >= 15 is 0 Å². The number of Topliss-reactive ketones (excluding diaryl/α,β-unsaturated/α-hetero) is 1. The second kappa shape index (κ2) is 4.56. The molecule has 0 fully saturated rings. The van der Waals surface area contributed by atoms with Gasteiger partial charge in [-0.25, -0.2) is 4.39 Å². The summed E-state index contributed by atoms with van der Waals surface area (Å²) in [7, 11) is 0. The van der Waals surface area contributed by atoms with Crippen molar-refractivity contribution in [2.24, 2.45) is 0 Å². The Balaban J connectivity index is 2.69. The number of pyridine rings is 1. The first kappa shape index (κ1) is 12.2. The number of benzene rings is 1. The maximum absolute atomic E-state index is 13.0. The number of aromatic nitrogens is 1. The highest BCUT2D eigenvalue weighted by atomic mass is 19.1. The molecule has 0 saturated carbocycles. The molecule has 0 amide bonds. The van der Waals surface area contributed by atoms with Crippen molar-refractivity contribution >= 4 is 5.78 Å². The molecule has 2 aromatic rings. The lowest BCUT2D eigenvalue weighted by Gasteiger charge is -2.09. The molecule has 0 aliphatic carbocycles. The topological polar surface area (TPSA) is 39.1 Å². The van der Waals surface area contributed by atoms with Crippen LogP contribution >= 0.6 is 0 Å². The highest BCUT2D eigenvalue weighted by Gasteiger charge is 2.10. The van der Waals surface area contributed by atoms with Crippen LogP contribution in [-0.2, 0) is 0 Å². The number of hydrogen-bond donors (Lipinski definition) is 0. The van der Waals surface area contributed by atoms with Crippen molar-refractivity contribution < 1.29 is 9.18 Å². The maximum Gasteiger partial charge on any atom is 0.265 e. The van der Waals surface area contributed by atoms with E-state index in [2.05, 4.69) is 0 Å². The average molecular weight is 245 g/mol. The highest BCUT2D eigenvalue weighted by Crippen LogP contribution is 2.13. The van der Waals surface area contributed by atoms with Crippen molar-refractivity contribution in [2.75, 3.05) is 0 Å². The van der Waals surface area contributed by atoms with Gasteiger partial charge in [0.05, 0.1) is 11.3 Å². The van der Waals surface area contributed by atoms with Crippen LogP contribution in [0, 0.1) is 12.7 Å². The third-order valence-electron chi connectivity index (χ3n) is 2.74. The van der Waals surface area contributed by atoms with Crippen molar-refractivity contribution in [2.45, 2.75) is 13.8 Å². The van der Waals surface area contributed by atoms with Gasteiger partial charge in [-0.1, -0.05) is 0 Å².